The Morgan fingerprint density at radius 1 is 1.42 bits per heavy atom. The molecule has 1 aliphatic rings. The van der Waals surface area contributed by atoms with Crippen LogP contribution in [0.2, 0.25) is 0 Å². The zero-order valence-corrected chi connectivity index (χ0v) is 10.2. The van der Waals surface area contributed by atoms with Gasteiger partial charge in [0.05, 0.1) is 11.3 Å². The van der Waals surface area contributed by atoms with Gasteiger partial charge < -0.3 is 5.11 Å². The fraction of sp³-hybridized carbons (Fsp3) is 0.308. The van der Waals surface area contributed by atoms with Crippen molar-refractivity contribution in [2.24, 2.45) is 0 Å². The van der Waals surface area contributed by atoms with Crippen LogP contribution in [0.4, 0.5) is 10.1 Å². The first-order valence-electron chi connectivity index (χ1n) is 5.81. The SMILES string of the molecule is CC(CCC(=O)O)N1C(=O)C(=O)c2cccc(F)c21. The lowest BCUT2D eigenvalue weighted by molar-refractivity contribution is -0.137. The summed E-state index contributed by atoms with van der Waals surface area (Å²) in [6, 6.07) is 3.38. The number of ketones is 1. The lowest BCUT2D eigenvalue weighted by Crippen LogP contribution is -2.38. The average molecular weight is 265 g/mol. The average Bonchev–Trinajstić information content (AvgIpc) is 2.61. The number of carboxylic acids is 1. The predicted molar refractivity (Wildman–Crippen MR) is 64.5 cm³/mol. The molecule has 1 amide bonds. The summed E-state index contributed by atoms with van der Waals surface area (Å²) in [5.41, 5.74) is -0.0115. The van der Waals surface area contributed by atoms with E-state index in [1.54, 1.807) is 6.92 Å². The zero-order chi connectivity index (χ0) is 14.2. The number of nitrogens with zero attached hydrogens (tertiary/aromatic N) is 1. The molecule has 0 fully saturated rings. The van der Waals surface area contributed by atoms with E-state index in [9.17, 15) is 18.8 Å². The molecule has 5 nitrogen and oxygen atoms in total. The molecule has 0 radical (unpaired) electrons. The number of rotatable bonds is 4. The van der Waals surface area contributed by atoms with Crippen molar-refractivity contribution < 1.29 is 23.9 Å². The number of benzene rings is 1. The highest BCUT2D eigenvalue weighted by molar-refractivity contribution is 6.52. The minimum atomic E-state index is -1.00. The van der Waals surface area contributed by atoms with E-state index in [-0.39, 0.29) is 24.1 Å². The molecule has 1 unspecified atom stereocenters. The lowest BCUT2D eigenvalue weighted by Gasteiger charge is -2.24. The van der Waals surface area contributed by atoms with E-state index in [0.717, 1.165) is 4.90 Å². The quantitative estimate of drug-likeness (QED) is 0.839. The highest BCUT2D eigenvalue weighted by Gasteiger charge is 2.40. The fourth-order valence-corrected chi connectivity index (χ4v) is 2.15. The van der Waals surface area contributed by atoms with Crippen molar-refractivity contribution in [1.29, 1.82) is 0 Å². The van der Waals surface area contributed by atoms with Gasteiger partial charge in [0.2, 0.25) is 0 Å². The van der Waals surface area contributed by atoms with Gasteiger partial charge in [0.15, 0.2) is 0 Å². The second kappa shape index (κ2) is 4.79. The summed E-state index contributed by atoms with van der Waals surface area (Å²) in [6.07, 6.45) is 0.00501. The Labute approximate surface area is 108 Å². The number of carboxylic acid groups (broad SMARTS) is 1. The second-order valence-corrected chi connectivity index (χ2v) is 4.42. The van der Waals surface area contributed by atoms with Crippen molar-refractivity contribution in [2.75, 3.05) is 4.90 Å². The van der Waals surface area contributed by atoms with Crippen LogP contribution < -0.4 is 4.90 Å². The number of para-hydroxylation sites is 1. The van der Waals surface area contributed by atoms with Crippen molar-refractivity contribution in [3.8, 4) is 0 Å². The predicted octanol–water partition coefficient (Wildman–Crippen LogP) is 1.61. The van der Waals surface area contributed by atoms with Crippen LogP contribution in [0.25, 0.3) is 0 Å². The largest absolute Gasteiger partial charge is 0.481 e. The molecule has 0 bridgehead atoms. The van der Waals surface area contributed by atoms with Crippen LogP contribution in [0.15, 0.2) is 18.2 Å². The molecule has 0 saturated heterocycles. The van der Waals surface area contributed by atoms with E-state index >= 15 is 0 Å². The number of amides is 1. The molecule has 0 aromatic heterocycles. The summed E-state index contributed by atoms with van der Waals surface area (Å²) in [5, 5.41) is 8.63. The first-order valence-corrected chi connectivity index (χ1v) is 5.81. The topological polar surface area (TPSA) is 74.7 Å². The molecule has 1 N–H and O–H groups in total. The van der Waals surface area contributed by atoms with Crippen molar-refractivity contribution in [1.82, 2.24) is 0 Å². The Bertz CT molecular complexity index is 570. The van der Waals surface area contributed by atoms with E-state index in [0.29, 0.717) is 0 Å². The molecule has 0 aliphatic carbocycles. The smallest absolute Gasteiger partial charge is 0.303 e. The van der Waals surface area contributed by atoms with E-state index in [4.69, 9.17) is 5.11 Å². The van der Waals surface area contributed by atoms with Gasteiger partial charge in [-0.05, 0) is 25.5 Å². The van der Waals surface area contributed by atoms with E-state index in [1.807, 2.05) is 0 Å². The highest BCUT2D eigenvalue weighted by atomic mass is 19.1. The molecule has 1 aromatic rings. The van der Waals surface area contributed by atoms with Crippen molar-refractivity contribution in [3.05, 3.63) is 29.6 Å². The number of hydrogen-bond donors (Lipinski definition) is 1. The number of halogens is 1. The van der Waals surface area contributed by atoms with E-state index in [2.05, 4.69) is 0 Å². The van der Waals surface area contributed by atoms with Crippen LogP contribution in [0.1, 0.15) is 30.1 Å². The van der Waals surface area contributed by atoms with Crippen LogP contribution in [0.3, 0.4) is 0 Å². The van der Waals surface area contributed by atoms with Gasteiger partial charge in [-0.25, -0.2) is 4.39 Å². The number of Topliss-reactive ketones (excluding diaryl/α,β-unsaturated/α-hetero) is 1. The van der Waals surface area contributed by atoms with Crippen molar-refractivity contribution >= 4 is 23.3 Å². The summed E-state index contributed by atoms with van der Waals surface area (Å²) in [7, 11) is 0. The van der Waals surface area contributed by atoms with Gasteiger partial charge in [0, 0.05) is 12.5 Å². The number of carbonyl (C=O) groups excluding carboxylic acids is 2. The van der Waals surface area contributed by atoms with Crippen molar-refractivity contribution in [2.45, 2.75) is 25.8 Å². The molecular formula is C13H12FNO4. The lowest BCUT2D eigenvalue weighted by atomic mass is 10.1. The van der Waals surface area contributed by atoms with Crippen LogP contribution in [0, 0.1) is 5.82 Å². The van der Waals surface area contributed by atoms with Gasteiger partial charge in [-0.15, -0.1) is 0 Å². The first kappa shape index (κ1) is 13.2. The van der Waals surface area contributed by atoms with E-state index in [1.165, 1.54) is 18.2 Å². The Balaban J connectivity index is 2.35. The van der Waals surface area contributed by atoms with Gasteiger partial charge in [0.25, 0.3) is 11.7 Å². The second-order valence-electron chi connectivity index (χ2n) is 4.42. The molecule has 0 spiro atoms. The molecule has 2 rings (SSSR count). The molecule has 0 saturated carbocycles. The third kappa shape index (κ3) is 2.21. The summed E-state index contributed by atoms with van der Waals surface area (Å²) in [6.45, 7) is 1.59. The molecule has 1 heterocycles. The Morgan fingerprint density at radius 2 is 2.11 bits per heavy atom. The third-order valence-corrected chi connectivity index (χ3v) is 3.10. The van der Waals surface area contributed by atoms with Gasteiger partial charge in [-0.1, -0.05) is 6.07 Å². The molecule has 6 heteroatoms. The number of fused-ring (bicyclic) bond motifs is 1. The van der Waals surface area contributed by atoms with Crippen molar-refractivity contribution in [3.63, 3.8) is 0 Å². The van der Waals surface area contributed by atoms with Crippen LogP contribution in [-0.4, -0.2) is 28.8 Å². The highest BCUT2D eigenvalue weighted by Crippen LogP contribution is 2.33. The summed E-state index contributed by atoms with van der Waals surface area (Å²) >= 11 is 0. The number of aliphatic carboxylic acids is 1. The van der Waals surface area contributed by atoms with Crippen LogP contribution >= 0.6 is 0 Å². The maximum absolute atomic E-state index is 13.8. The van der Waals surface area contributed by atoms with Gasteiger partial charge in [-0.3, -0.25) is 19.3 Å². The summed E-state index contributed by atoms with van der Waals surface area (Å²) in [5.74, 6) is -3.22. The first-order chi connectivity index (χ1) is 8.93. The number of anilines is 1. The standard InChI is InChI=1S/C13H12FNO4/c1-7(5-6-10(16)17)15-11-8(12(18)13(15)19)3-2-4-9(11)14/h2-4,7H,5-6H2,1H3,(H,16,17). The number of hydrogen-bond acceptors (Lipinski definition) is 3. The molecule has 1 aromatic carbocycles. The van der Waals surface area contributed by atoms with E-state index < -0.39 is 29.5 Å². The summed E-state index contributed by atoms with van der Waals surface area (Å²) in [4.78, 5) is 35.2. The molecule has 19 heavy (non-hydrogen) atoms. The maximum atomic E-state index is 13.8. The van der Waals surface area contributed by atoms with Gasteiger partial charge in [0.1, 0.15) is 5.82 Å². The molecule has 1 aliphatic heterocycles. The van der Waals surface area contributed by atoms with Gasteiger partial charge in [-0.2, -0.15) is 0 Å². The minimum Gasteiger partial charge on any atom is -0.481 e. The monoisotopic (exact) mass is 265 g/mol. The molecular weight excluding hydrogens is 253 g/mol. The molecule has 1 atom stereocenters. The number of carbonyl (C=O) groups is 3. The fourth-order valence-electron chi connectivity index (χ4n) is 2.15. The minimum absolute atomic E-state index is 0.0344. The Morgan fingerprint density at radius 3 is 2.74 bits per heavy atom. The molecule has 100 valence electrons. The zero-order valence-electron chi connectivity index (χ0n) is 10.2. The van der Waals surface area contributed by atoms with Gasteiger partial charge >= 0.3 is 5.97 Å². The maximum Gasteiger partial charge on any atom is 0.303 e. The summed E-state index contributed by atoms with van der Waals surface area (Å²) < 4.78 is 13.8. The third-order valence-electron chi connectivity index (χ3n) is 3.10. The van der Waals surface area contributed by atoms with Crippen LogP contribution in [-0.2, 0) is 9.59 Å². The van der Waals surface area contributed by atoms with Crippen LogP contribution in [0.5, 0.6) is 0 Å². The Kier molecular flexibility index (Phi) is 3.33. The normalized spacial score (nSPS) is 15.6. The Hall–Kier alpha value is -2.24.